The SMILES string of the molecule is CN(C/C=C/C(=O)N1CCC(Nc2n[nH]c3nccc(Oc4ccc(Oc5ccccc5)cc4)c23)C1)C1CC1. The minimum absolute atomic E-state index is 0.0563. The molecule has 1 aliphatic heterocycles. The zero-order valence-corrected chi connectivity index (χ0v) is 21.9. The highest BCUT2D eigenvalue weighted by Crippen LogP contribution is 2.34. The van der Waals surface area contributed by atoms with Gasteiger partial charge in [-0.3, -0.25) is 14.8 Å². The molecular formula is C30H32N6O3. The number of H-pyrrole nitrogens is 1. The van der Waals surface area contributed by atoms with Crippen molar-refractivity contribution in [3.05, 3.63) is 79.0 Å². The standard InChI is InChI=1S/C30H32N6O3/c1-35(22-9-10-22)18-5-8-27(37)36-19-16-21(20-36)32-30-28-26(15-17-31-29(28)33-34-30)39-25-13-11-24(12-14-25)38-23-6-3-2-4-7-23/h2-8,11-15,17,21-22H,9-10,16,18-20H2,1H3,(H2,31,32,33,34)/b8-5+. The summed E-state index contributed by atoms with van der Waals surface area (Å²) in [6, 6.07) is 19.7. The van der Waals surface area contributed by atoms with Gasteiger partial charge >= 0.3 is 0 Å². The molecule has 39 heavy (non-hydrogen) atoms. The van der Waals surface area contributed by atoms with Gasteiger partial charge in [-0.15, -0.1) is 0 Å². The van der Waals surface area contributed by atoms with E-state index in [0.717, 1.165) is 29.9 Å². The van der Waals surface area contributed by atoms with Gasteiger partial charge in [0.25, 0.3) is 0 Å². The Morgan fingerprint density at radius 1 is 1.05 bits per heavy atom. The molecule has 3 heterocycles. The van der Waals surface area contributed by atoms with Crippen molar-refractivity contribution in [3.8, 4) is 23.0 Å². The van der Waals surface area contributed by atoms with Crippen LogP contribution in [0, 0.1) is 0 Å². The number of amides is 1. The second kappa shape index (κ2) is 11.2. The topological polar surface area (TPSA) is 95.6 Å². The number of hydrogen-bond donors (Lipinski definition) is 2. The van der Waals surface area contributed by atoms with Gasteiger partial charge in [-0.25, -0.2) is 4.98 Å². The fourth-order valence-electron chi connectivity index (χ4n) is 4.80. The van der Waals surface area contributed by atoms with Crippen LogP contribution in [-0.4, -0.2) is 69.7 Å². The van der Waals surface area contributed by atoms with Crippen molar-refractivity contribution >= 4 is 22.8 Å². The maximum absolute atomic E-state index is 12.7. The first kappa shape index (κ1) is 24.9. The number of carbonyl (C=O) groups excluding carboxylic acids is 1. The molecule has 0 radical (unpaired) electrons. The number of rotatable bonds is 10. The Bertz CT molecular complexity index is 1450. The largest absolute Gasteiger partial charge is 0.457 e. The molecular weight excluding hydrogens is 492 g/mol. The molecule has 1 aliphatic carbocycles. The number of para-hydroxylation sites is 1. The average Bonchev–Trinajstić information content (AvgIpc) is 3.57. The molecule has 2 aliphatic rings. The maximum Gasteiger partial charge on any atom is 0.246 e. The minimum atomic E-state index is 0.0563. The lowest BCUT2D eigenvalue weighted by atomic mass is 10.2. The normalized spacial score (nSPS) is 17.3. The first-order valence-corrected chi connectivity index (χ1v) is 13.4. The summed E-state index contributed by atoms with van der Waals surface area (Å²) in [4.78, 5) is 21.3. The molecule has 1 saturated carbocycles. The molecule has 9 heteroatoms. The number of hydrogen-bond acceptors (Lipinski definition) is 7. The number of fused-ring (bicyclic) bond motifs is 1. The summed E-state index contributed by atoms with van der Waals surface area (Å²) in [6.07, 6.45) is 8.73. The van der Waals surface area contributed by atoms with Gasteiger partial charge in [0.15, 0.2) is 11.5 Å². The Labute approximate surface area is 227 Å². The molecule has 1 saturated heterocycles. The van der Waals surface area contributed by atoms with E-state index < -0.39 is 0 Å². The molecule has 4 aromatic rings. The summed E-state index contributed by atoms with van der Waals surface area (Å²) in [5, 5.41) is 11.7. The molecule has 1 amide bonds. The minimum Gasteiger partial charge on any atom is -0.457 e. The summed E-state index contributed by atoms with van der Waals surface area (Å²) in [6.45, 7) is 2.14. The van der Waals surface area contributed by atoms with Crippen molar-refractivity contribution in [2.24, 2.45) is 0 Å². The van der Waals surface area contributed by atoms with Crippen LogP contribution in [-0.2, 0) is 4.79 Å². The zero-order chi connectivity index (χ0) is 26.6. The zero-order valence-electron chi connectivity index (χ0n) is 21.9. The summed E-state index contributed by atoms with van der Waals surface area (Å²) in [5.41, 5.74) is 0.632. The highest BCUT2D eigenvalue weighted by atomic mass is 16.5. The number of ether oxygens (including phenoxy) is 2. The van der Waals surface area contributed by atoms with Gasteiger partial charge in [0.05, 0.1) is 0 Å². The van der Waals surface area contributed by atoms with E-state index in [-0.39, 0.29) is 11.9 Å². The second-order valence-electron chi connectivity index (χ2n) is 10.1. The second-order valence-corrected chi connectivity index (χ2v) is 10.1. The van der Waals surface area contributed by atoms with Crippen molar-refractivity contribution in [2.45, 2.75) is 31.3 Å². The Kier molecular flexibility index (Phi) is 7.14. The van der Waals surface area contributed by atoms with Gasteiger partial charge in [0, 0.05) is 50.1 Å². The molecule has 0 bridgehead atoms. The lowest BCUT2D eigenvalue weighted by Gasteiger charge is -2.16. The van der Waals surface area contributed by atoms with Crippen LogP contribution in [0.5, 0.6) is 23.0 Å². The van der Waals surface area contributed by atoms with Crippen LogP contribution in [0.4, 0.5) is 5.82 Å². The number of pyridine rings is 1. The van der Waals surface area contributed by atoms with Crippen LogP contribution >= 0.6 is 0 Å². The number of aromatic amines is 1. The van der Waals surface area contributed by atoms with Gasteiger partial charge in [0.2, 0.25) is 5.91 Å². The maximum atomic E-state index is 12.7. The number of likely N-dealkylation sites (N-methyl/N-ethyl adjacent to an activating group) is 1. The Hall–Kier alpha value is -4.37. The number of anilines is 1. The van der Waals surface area contributed by atoms with Gasteiger partial charge in [-0.05, 0) is 62.7 Å². The quantitative estimate of drug-likeness (QED) is 0.275. The van der Waals surface area contributed by atoms with E-state index in [0.29, 0.717) is 42.1 Å². The van der Waals surface area contributed by atoms with Crippen LogP contribution in [0.25, 0.3) is 11.0 Å². The van der Waals surface area contributed by atoms with Crippen LogP contribution < -0.4 is 14.8 Å². The van der Waals surface area contributed by atoms with Crippen molar-refractivity contribution < 1.29 is 14.3 Å². The number of aromatic nitrogens is 3. The fraction of sp³-hybridized carbons (Fsp3) is 0.300. The summed E-state index contributed by atoms with van der Waals surface area (Å²) >= 11 is 0. The predicted octanol–water partition coefficient (Wildman–Crippen LogP) is 5.21. The van der Waals surface area contributed by atoms with Gasteiger partial charge < -0.3 is 19.7 Å². The third kappa shape index (κ3) is 6.04. The summed E-state index contributed by atoms with van der Waals surface area (Å²) in [7, 11) is 2.11. The van der Waals surface area contributed by atoms with E-state index in [1.165, 1.54) is 12.8 Å². The molecule has 9 nitrogen and oxygen atoms in total. The number of likely N-dealkylation sites (tertiary alicyclic amines) is 1. The Morgan fingerprint density at radius 3 is 2.56 bits per heavy atom. The third-order valence-corrected chi connectivity index (χ3v) is 7.12. The number of carbonyl (C=O) groups is 1. The smallest absolute Gasteiger partial charge is 0.246 e. The Morgan fingerprint density at radius 2 is 1.79 bits per heavy atom. The Balaban J connectivity index is 1.09. The van der Waals surface area contributed by atoms with Crippen molar-refractivity contribution in [1.29, 1.82) is 0 Å². The van der Waals surface area contributed by atoms with Crippen LogP contribution in [0.15, 0.2) is 79.0 Å². The van der Waals surface area contributed by atoms with Crippen LogP contribution in [0.1, 0.15) is 19.3 Å². The molecule has 1 atom stereocenters. The monoisotopic (exact) mass is 524 g/mol. The van der Waals surface area contributed by atoms with Gasteiger partial charge in [-0.1, -0.05) is 24.3 Å². The van der Waals surface area contributed by atoms with Crippen LogP contribution in [0.3, 0.4) is 0 Å². The highest BCUT2D eigenvalue weighted by molar-refractivity contribution is 5.93. The molecule has 2 fully saturated rings. The molecule has 2 aromatic heterocycles. The van der Waals surface area contributed by atoms with E-state index in [9.17, 15) is 4.79 Å². The third-order valence-electron chi connectivity index (χ3n) is 7.12. The van der Waals surface area contributed by atoms with Gasteiger partial charge in [-0.2, -0.15) is 5.10 Å². The van der Waals surface area contributed by atoms with E-state index >= 15 is 0 Å². The molecule has 1 unspecified atom stereocenters. The average molecular weight is 525 g/mol. The first-order valence-electron chi connectivity index (χ1n) is 13.4. The number of benzene rings is 2. The van der Waals surface area contributed by atoms with E-state index in [2.05, 4.69) is 32.4 Å². The molecule has 200 valence electrons. The number of nitrogens with one attached hydrogen (secondary N) is 2. The van der Waals surface area contributed by atoms with Crippen molar-refractivity contribution in [3.63, 3.8) is 0 Å². The fourth-order valence-corrected chi connectivity index (χ4v) is 4.80. The van der Waals surface area contributed by atoms with E-state index in [1.54, 1.807) is 12.3 Å². The molecule has 6 rings (SSSR count). The first-order chi connectivity index (χ1) is 19.1. The van der Waals surface area contributed by atoms with E-state index in [1.807, 2.05) is 71.6 Å². The summed E-state index contributed by atoms with van der Waals surface area (Å²) < 4.78 is 12.1. The number of nitrogens with zero attached hydrogens (tertiary/aromatic N) is 4. The molecule has 2 aromatic carbocycles. The van der Waals surface area contributed by atoms with Gasteiger partial charge in [0.1, 0.15) is 28.4 Å². The van der Waals surface area contributed by atoms with Crippen molar-refractivity contribution in [1.82, 2.24) is 25.0 Å². The highest BCUT2D eigenvalue weighted by Gasteiger charge is 2.27. The molecule has 0 spiro atoms. The summed E-state index contributed by atoms with van der Waals surface area (Å²) in [5.74, 6) is 3.54. The lowest BCUT2D eigenvalue weighted by molar-refractivity contribution is -0.125. The lowest BCUT2D eigenvalue weighted by Crippen LogP contribution is -2.30. The molecule has 2 N–H and O–H groups in total. The van der Waals surface area contributed by atoms with Crippen LogP contribution in [0.2, 0.25) is 0 Å². The predicted molar refractivity (Wildman–Crippen MR) is 150 cm³/mol. The van der Waals surface area contributed by atoms with E-state index in [4.69, 9.17) is 9.47 Å². The van der Waals surface area contributed by atoms with Crippen molar-refractivity contribution in [2.75, 3.05) is 32.0 Å².